The van der Waals surface area contributed by atoms with E-state index >= 15 is 0 Å². The second-order valence-corrected chi connectivity index (χ2v) is 9.63. The number of halogens is 1. The van der Waals surface area contributed by atoms with Crippen LogP contribution in [0.25, 0.3) is 0 Å². The Morgan fingerprint density at radius 1 is 1.24 bits per heavy atom. The topological polar surface area (TPSA) is 121 Å². The highest BCUT2D eigenvalue weighted by Crippen LogP contribution is 2.58. The number of hydrogen-bond acceptors (Lipinski definition) is 7. The van der Waals surface area contributed by atoms with Gasteiger partial charge >= 0.3 is 0 Å². The van der Waals surface area contributed by atoms with E-state index in [9.17, 15) is 10.1 Å². The van der Waals surface area contributed by atoms with Gasteiger partial charge in [-0.3, -0.25) is 4.79 Å². The summed E-state index contributed by atoms with van der Waals surface area (Å²) in [4.78, 5) is 13.8. The summed E-state index contributed by atoms with van der Waals surface area (Å²) in [6, 6.07) is 13.5. The predicted molar refractivity (Wildman–Crippen MR) is 130 cm³/mol. The van der Waals surface area contributed by atoms with Crippen molar-refractivity contribution in [1.82, 2.24) is 10.9 Å². The lowest BCUT2D eigenvalue weighted by Crippen LogP contribution is -2.54. The third-order valence-corrected chi connectivity index (χ3v) is 7.94. The number of nitrogens with two attached hydrogens (primary N) is 1. The third kappa shape index (κ3) is 3.21. The molecule has 3 heterocycles. The number of rotatable bonds is 5. The fraction of sp³-hybridized carbons (Fsp3) is 0.360. The van der Waals surface area contributed by atoms with Crippen molar-refractivity contribution in [2.45, 2.75) is 44.4 Å². The molecule has 0 saturated carbocycles. The number of aryl methyl sites for hydroxylation is 1. The van der Waals surface area contributed by atoms with E-state index in [4.69, 9.17) is 15.2 Å². The summed E-state index contributed by atoms with van der Waals surface area (Å²) in [7, 11) is 0. The fourth-order valence-corrected chi connectivity index (χ4v) is 5.92. The number of carbonyl (C=O) groups excluding carboxylic acids is 1. The largest absolute Gasteiger partial charge is 0.494 e. The second-order valence-electron chi connectivity index (χ2n) is 8.83. The molecule has 4 atom stereocenters. The van der Waals surface area contributed by atoms with Crippen molar-refractivity contribution in [3.05, 3.63) is 69.0 Å². The van der Waals surface area contributed by atoms with Crippen molar-refractivity contribution in [1.29, 1.82) is 5.26 Å². The van der Waals surface area contributed by atoms with E-state index in [1.165, 1.54) is 0 Å². The van der Waals surface area contributed by atoms with Crippen molar-refractivity contribution in [2.24, 2.45) is 11.7 Å². The average Bonchev–Trinajstić information content (AvgIpc) is 3.37. The minimum atomic E-state index is -1.33. The molecule has 0 bridgehead atoms. The number of hydrogen-bond donors (Lipinski definition) is 4. The number of benzene rings is 2. The summed E-state index contributed by atoms with van der Waals surface area (Å²) in [5.41, 5.74) is 14.7. The summed E-state index contributed by atoms with van der Waals surface area (Å²) in [6.45, 7) is 4.74. The number of hydrazine groups is 1. The van der Waals surface area contributed by atoms with E-state index in [0.29, 0.717) is 17.9 Å². The molecule has 176 valence electrons. The van der Waals surface area contributed by atoms with Crippen LogP contribution < -0.4 is 26.6 Å². The van der Waals surface area contributed by atoms with Crippen LogP contribution in [0.15, 0.2) is 52.3 Å². The lowest BCUT2D eigenvalue weighted by molar-refractivity contribution is -0.124. The number of nitrogens with one attached hydrogen (secondary N) is 3. The van der Waals surface area contributed by atoms with Crippen LogP contribution in [0.1, 0.15) is 42.5 Å². The third-order valence-electron chi connectivity index (χ3n) is 6.91. The summed E-state index contributed by atoms with van der Waals surface area (Å²) in [6.07, 6.45) is 1.44. The number of anilines is 1. The van der Waals surface area contributed by atoms with Gasteiger partial charge < -0.3 is 20.5 Å². The molecule has 2 aromatic carbocycles. The molecule has 1 saturated heterocycles. The Morgan fingerprint density at radius 2 is 2.00 bits per heavy atom. The first-order chi connectivity index (χ1) is 16.4. The molecule has 1 fully saturated rings. The monoisotopic (exact) mass is 523 g/mol. The van der Waals surface area contributed by atoms with Gasteiger partial charge in [0.25, 0.3) is 0 Å². The van der Waals surface area contributed by atoms with Crippen LogP contribution in [0.4, 0.5) is 5.69 Å². The van der Waals surface area contributed by atoms with Gasteiger partial charge in [0.1, 0.15) is 22.8 Å². The van der Waals surface area contributed by atoms with E-state index in [1.54, 1.807) is 0 Å². The molecule has 1 amide bonds. The molecule has 0 aliphatic carbocycles. The Morgan fingerprint density at radius 3 is 2.71 bits per heavy atom. The highest BCUT2D eigenvalue weighted by Gasteiger charge is 2.66. The normalized spacial score (nSPS) is 27.1. The molecule has 4 unspecified atom stereocenters. The molecule has 2 aromatic rings. The molecule has 8 nitrogen and oxygen atoms in total. The van der Waals surface area contributed by atoms with Crippen molar-refractivity contribution in [2.75, 3.05) is 11.9 Å². The molecule has 5 N–H and O–H groups in total. The average molecular weight is 524 g/mol. The molecular weight excluding hydrogens is 498 g/mol. The summed E-state index contributed by atoms with van der Waals surface area (Å²) < 4.78 is 12.5. The van der Waals surface area contributed by atoms with Crippen molar-refractivity contribution >= 4 is 27.5 Å². The Balaban J connectivity index is 1.64. The van der Waals surface area contributed by atoms with Gasteiger partial charge in [-0.2, -0.15) is 5.26 Å². The number of carbonyl (C=O) groups is 1. The smallest absolute Gasteiger partial charge is 0.241 e. The fourth-order valence-electron chi connectivity index (χ4n) is 5.26. The molecule has 9 heteroatoms. The molecule has 0 aromatic heterocycles. The molecule has 34 heavy (non-hydrogen) atoms. The lowest BCUT2D eigenvalue weighted by atomic mass is 9.61. The van der Waals surface area contributed by atoms with Crippen LogP contribution >= 0.6 is 15.9 Å². The van der Waals surface area contributed by atoms with E-state index in [1.807, 2.05) is 43.3 Å². The van der Waals surface area contributed by atoms with Gasteiger partial charge in [-0.25, -0.2) is 10.9 Å². The van der Waals surface area contributed by atoms with Gasteiger partial charge in [0.05, 0.1) is 18.6 Å². The molecule has 5 rings (SSSR count). The van der Waals surface area contributed by atoms with E-state index in [-0.39, 0.29) is 23.4 Å². The van der Waals surface area contributed by atoms with Crippen molar-refractivity contribution < 1.29 is 14.3 Å². The molecular formula is C25H26BrN5O3. The van der Waals surface area contributed by atoms with E-state index in [0.717, 1.165) is 34.2 Å². The summed E-state index contributed by atoms with van der Waals surface area (Å²) >= 11 is 3.70. The quantitative estimate of drug-likeness (QED) is 0.441. The Labute approximate surface area is 206 Å². The summed E-state index contributed by atoms with van der Waals surface area (Å²) in [5.74, 6) is -0.0319. The second kappa shape index (κ2) is 8.62. The van der Waals surface area contributed by atoms with Crippen LogP contribution in [0.5, 0.6) is 5.75 Å². The maximum absolute atomic E-state index is 13.8. The van der Waals surface area contributed by atoms with Gasteiger partial charge in [-0.15, -0.1) is 0 Å². The number of nitriles is 1. The van der Waals surface area contributed by atoms with Crippen LogP contribution in [0.3, 0.4) is 0 Å². The maximum Gasteiger partial charge on any atom is 0.241 e. The zero-order valence-corrected chi connectivity index (χ0v) is 20.5. The van der Waals surface area contributed by atoms with E-state index < -0.39 is 17.6 Å². The van der Waals surface area contributed by atoms with Gasteiger partial charge in [-0.1, -0.05) is 47.5 Å². The van der Waals surface area contributed by atoms with Gasteiger partial charge in [0.2, 0.25) is 11.8 Å². The van der Waals surface area contributed by atoms with E-state index in [2.05, 4.69) is 45.1 Å². The highest BCUT2D eigenvalue weighted by atomic mass is 79.9. The first-order valence-corrected chi connectivity index (χ1v) is 12.1. The standard InChI is InChI=1S/C25H26BrN5O3/c1-3-4-11-33-15-8-6-14(7-9-15)21-19-23(31-30-21)34-22(28)16(12-27)25(19)18-17(29-24(25)32)10-5-13(2)20(18)26/h5-10,19,21,23,30-31H,3-4,11,28H2,1-2H3,(H,29,32). The highest BCUT2D eigenvalue weighted by molar-refractivity contribution is 9.10. The minimum Gasteiger partial charge on any atom is -0.494 e. The zero-order valence-electron chi connectivity index (χ0n) is 18.9. The SMILES string of the molecule is CCCCOc1ccc(C2NNC3OC(N)=C(C#N)C4(C(=O)Nc5ccc(C)c(Br)c54)C32)cc1. The molecule has 1 spiro atoms. The first-order valence-electron chi connectivity index (χ1n) is 11.3. The van der Waals surface area contributed by atoms with Crippen LogP contribution in [0.2, 0.25) is 0 Å². The number of fused-ring (bicyclic) bond motifs is 4. The predicted octanol–water partition coefficient (Wildman–Crippen LogP) is 3.64. The molecule has 0 radical (unpaired) electrons. The van der Waals surface area contributed by atoms with Crippen molar-refractivity contribution in [3.8, 4) is 11.8 Å². The van der Waals surface area contributed by atoms with Crippen molar-refractivity contribution in [3.63, 3.8) is 0 Å². The van der Waals surface area contributed by atoms with Crippen LogP contribution in [-0.2, 0) is 14.9 Å². The van der Waals surface area contributed by atoms with Gasteiger partial charge in [-0.05, 0) is 42.7 Å². The van der Waals surface area contributed by atoms with Gasteiger partial charge in [0, 0.05) is 15.7 Å². The maximum atomic E-state index is 13.8. The number of amides is 1. The zero-order chi connectivity index (χ0) is 24.0. The van der Waals surface area contributed by atoms with Gasteiger partial charge in [0.15, 0.2) is 6.23 Å². The Kier molecular flexibility index (Phi) is 5.76. The van der Waals surface area contributed by atoms with Crippen LogP contribution in [-0.4, -0.2) is 18.7 Å². The summed E-state index contributed by atoms with van der Waals surface area (Å²) in [5, 5.41) is 13.2. The number of unbranched alkanes of at least 4 members (excludes halogenated alkanes) is 1. The number of nitrogens with zero attached hydrogens (tertiary/aromatic N) is 1. The minimum absolute atomic E-state index is 0.0465. The Hall–Kier alpha value is -3.06. The number of ether oxygens (including phenoxy) is 2. The van der Waals surface area contributed by atoms with Crippen LogP contribution in [0, 0.1) is 24.2 Å². The Bertz CT molecular complexity index is 1220. The first kappa shape index (κ1) is 22.7. The lowest BCUT2D eigenvalue weighted by Gasteiger charge is -2.42. The molecule has 3 aliphatic rings. The molecule has 3 aliphatic heterocycles.